The molecule has 0 atom stereocenters. The van der Waals surface area contributed by atoms with Gasteiger partial charge >= 0.3 is 0 Å². The van der Waals surface area contributed by atoms with Gasteiger partial charge < -0.3 is 0 Å². The average Bonchev–Trinajstić information content (AvgIpc) is 3.22. The summed E-state index contributed by atoms with van der Waals surface area (Å²) in [6, 6.07) is 10.4. The van der Waals surface area contributed by atoms with Crippen molar-refractivity contribution in [3.8, 4) is 0 Å². The molecule has 0 saturated carbocycles. The summed E-state index contributed by atoms with van der Waals surface area (Å²) in [7, 11) is 0. The van der Waals surface area contributed by atoms with E-state index >= 15 is 0 Å². The normalized spacial score (nSPS) is 15.0. The molecule has 1 aliphatic rings. The summed E-state index contributed by atoms with van der Waals surface area (Å²) in [5.41, 5.74) is 3.63. The Morgan fingerprint density at radius 3 is 2.92 bits per heavy atom. The topological polar surface area (TPSA) is 46.3 Å². The van der Waals surface area contributed by atoms with Crippen molar-refractivity contribution in [3.05, 3.63) is 58.5 Å². The van der Waals surface area contributed by atoms with Gasteiger partial charge in [0.1, 0.15) is 11.2 Å². The van der Waals surface area contributed by atoms with Gasteiger partial charge in [-0.3, -0.25) is 4.90 Å². The second kappa shape index (κ2) is 6.45. The molecule has 0 aliphatic carbocycles. The molecular weight excluding hydrogens is 342 g/mol. The van der Waals surface area contributed by atoms with E-state index in [1.54, 1.807) is 0 Å². The fourth-order valence-electron chi connectivity index (χ4n) is 3.85. The van der Waals surface area contributed by atoms with Crippen molar-refractivity contribution in [2.75, 3.05) is 13.1 Å². The summed E-state index contributed by atoms with van der Waals surface area (Å²) in [6.07, 6.45) is 4.85. The van der Waals surface area contributed by atoms with Crippen molar-refractivity contribution in [1.29, 1.82) is 0 Å². The largest absolute Gasteiger partial charge is 0.298 e. The Kier molecular flexibility index (Phi) is 3.94. The SMILES string of the molecule is CCCN1CCc2c(sc3ncn4nc(Cc5ccccc5)nc4c23)C1. The van der Waals surface area contributed by atoms with Gasteiger partial charge in [-0.1, -0.05) is 37.3 Å². The summed E-state index contributed by atoms with van der Waals surface area (Å²) < 4.78 is 1.85. The van der Waals surface area contributed by atoms with E-state index < -0.39 is 0 Å². The summed E-state index contributed by atoms with van der Waals surface area (Å²) in [6.45, 7) is 5.58. The molecule has 0 saturated heterocycles. The van der Waals surface area contributed by atoms with Gasteiger partial charge in [0, 0.05) is 24.4 Å². The number of hydrogen-bond donors (Lipinski definition) is 0. The lowest BCUT2D eigenvalue weighted by Gasteiger charge is -2.26. The van der Waals surface area contributed by atoms with Crippen LogP contribution in [0.5, 0.6) is 0 Å². The predicted molar refractivity (Wildman–Crippen MR) is 105 cm³/mol. The smallest absolute Gasteiger partial charge is 0.167 e. The first kappa shape index (κ1) is 15.9. The van der Waals surface area contributed by atoms with Crippen molar-refractivity contribution in [1.82, 2.24) is 24.5 Å². The van der Waals surface area contributed by atoms with Crippen LogP contribution in [0.2, 0.25) is 0 Å². The van der Waals surface area contributed by atoms with Crippen LogP contribution in [-0.4, -0.2) is 37.6 Å². The number of aromatic nitrogens is 4. The molecule has 1 aromatic carbocycles. The monoisotopic (exact) mass is 363 g/mol. The zero-order chi connectivity index (χ0) is 17.5. The Morgan fingerprint density at radius 2 is 2.08 bits per heavy atom. The van der Waals surface area contributed by atoms with E-state index in [9.17, 15) is 0 Å². The molecule has 0 N–H and O–H groups in total. The highest BCUT2D eigenvalue weighted by atomic mass is 32.1. The second-order valence-corrected chi connectivity index (χ2v) is 8.00. The van der Waals surface area contributed by atoms with E-state index in [0.29, 0.717) is 0 Å². The van der Waals surface area contributed by atoms with Crippen molar-refractivity contribution in [2.45, 2.75) is 32.7 Å². The number of fused-ring (bicyclic) bond motifs is 5. The molecule has 4 aromatic rings. The molecule has 0 spiro atoms. The van der Waals surface area contributed by atoms with Crippen molar-refractivity contribution < 1.29 is 0 Å². The van der Waals surface area contributed by atoms with Gasteiger partial charge in [-0.15, -0.1) is 16.4 Å². The van der Waals surface area contributed by atoms with Crippen LogP contribution in [-0.2, 0) is 19.4 Å². The molecule has 5 rings (SSSR count). The number of hydrogen-bond acceptors (Lipinski definition) is 5. The maximum absolute atomic E-state index is 4.88. The maximum Gasteiger partial charge on any atom is 0.167 e. The van der Waals surface area contributed by atoms with E-state index in [1.165, 1.54) is 34.4 Å². The van der Waals surface area contributed by atoms with Crippen LogP contribution < -0.4 is 0 Å². The van der Waals surface area contributed by atoms with Crippen LogP contribution in [0.1, 0.15) is 35.2 Å². The van der Waals surface area contributed by atoms with Gasteiger partial charge in [0.05, 0.1) is 5.39 Å². The van der Waals surface area contributed by atoms with E-state index in [-0.39, 0.29) is 0 Å². The minimum atomic E-state index is 0.751. The molecule has 0 radical (unpaired) electrons. The Bertz CT molecular complexity index is 1070. The van der Waals surface area contributed by atoms with Gasteiger partial charge in [-0.25, -0.2) is 14.5 Å². The van der Waals surface area contributed by atoms with E-state index in [0.717, 1.165) is 42.2 Å². The summed E-state index contributed by atoms with van der Waals surface area (Å²) in [5, 5.41) is 5.89. The van der Waals surface area contributed by atoms with E-state index in [4.69, 9.17) is 4.98 Å². The maximum atomic E-state index is 4.88. The minimum Gasteiger partial charge on any atom is -0.298 e. The molecule has 26 heavy (non-hydrogen) atoms. The van der Waals surface area contributed by atoms with Crippen LogP contribution in [0.15, 0.2) is 36.7 Å². The average molecular weight is 363 g/mol. The highest BCUT2D eigenvalue weighted by molar-refractivity contribution is 7.19. The Balaban J connectivity index is 1.57. The van der Waals surface area contributed by atoms with E-state index in [2.05, 4.69) is 46.2 Å². The lowest BCUT2D eigenvalue weighted by Crippen LogP contribution is -2.30. The molecule has 0 unspecified atom stereocenters. The predicted octanol–water partition coefficient (Wildman–Crippen LogP) is 3.70. The molecule has 5 nitrogen and oxygen atoms in total. The first-order valence-corrected chi connectivity index (χ1v) is 10.0. The fourth-order valence-corrected chi connectivity index (χ4v) is 5.07. The fraction of sp³-hybridized carbons (Fsp3) is 0.350. The first-order chi connectivity index (χ1) is 12.8. The van der Waals surface area contributed by atoms with Crippen LogP contribution in [0.25, 0.3) is 15.9 Å². The lowest BCUT2D eigenvalue weighted by molar-refractivity contribution is 0.258. The minimum absolute atomic E-state index is 0.751. The molecular formula is C20H21N5S. The highest BCUT2D eigenvalue weighted by Crippen LogP contribution is 2.35. The van der Waals surface area contributed by atoms with Crippen molar-refractivity contribution in [2.24, 2.45) is 0 Å². The van der Waals surface area contributed by atoms with Crippen LogP contribution >= 0.6 is 11.3 Å². The third kappa shape index (κ3) is 2.70. The third-order valence-corrected chi connectivity index (χ3v) is 6.17. The zero-order valence-corrected chi connectivity index (χ0v) is 15.7. The van der Waals surface area contributed by atoms with Gasteiger partial charge in [-0.05, 0) is 30.5 Å². The highest BCUT2D eigenvalue weighted by Gasteiger charge is 2.23. The van der Waals surface area contributed by atoms with Crippen LogP contribution in [0.3, 0.4) is 0 Å². The van der Waals surface area contributed by atoms with Gasteiger partial charge in [-0.2, -0.15) is 0 Å². The van der Waals surface area contributed by atoms with Crippen molar-refractivity contribution >= 4 is 27.2 Å². The molecule has 132 valence electrons. The van der Waals surface area contributed by atoms with Crippen molar-refractivity contribution in [3.63, 3.8) is 0 Å². The Morgan fingerprint density at radius 1 is 1.19 bits per heavy atom. The molecule has 0 amide bonds. The standard InChI is InChI=1S/C20H21N5S/c1-2-9-24-10-8-15-16(12-24)26-20-18(15)19-22-17(23-25(19)13-21-20)11-14-6-4-3-5-7-14/h3-7,13H,2,8-12H2,1H3. The third-order valence-electron chi connectivity index (χ3n) is 5.05. The molecule has 4 heterocycles. The number of benzene rings is 1. The van der Waals surface area contributed by atoms with Gasteiger partial charge in [0.15, 0.2) is 11.5 Å². The quantitative estimate of drug-likeness (QED) is 0.555. The second-order valence-electron chi connectivity index (χ2n) is 6.91. The van der Waals surface area contributed by atoms with Crippen LogP contribution in [0.4, 0.5) is 0 Å². The lowest BCUT2D eigenvalue weighted by atomic mass is 10.1. The van der Waals surface area contributed by atoms with E-state index in [1.807, 2.05) is 28.2 Å². The molecule has 0 fully saturated rings. The van der Waals surface area contributed by atoms with Gasteiger partial charge in [0.2, 0.25) is 0 Å². The Hall–Kier alpha value is -2.31. The van der Waals surface area contributed by atoms with Crippen LogP contribution in [0, 0.1) is 0 Å². The summed E-state index contributed by atoms with van der Waals surface area (Å²) in [4.78, 5) is 14.6. The summed E-state index contributed by atoms with van der Waals surface area (Å²) in [5.74, 6) is 0.855. The molecule has 0 bridgehead atoms. The number of nitrogens with zero attached hydrogens (tertiary/aromatic N) is 5. The first-order valence-electron chi connectivity index (χ1n) is 9.22. The Labute approximate surface area is 156 Å². The number of thiophene rings is 1. The summed E-state index contributed by atoms with van der Waals surface area (Å²) >= 11 is 1.82. The van der Waals surface area contributed by atoms with Gasteiger partial charge in [0.25, 0.3) is 0 Å². The molecule has 6 heteroatoms. The number of rotatable bonds is 4. The molecule has 3 aromatic heterocycles. The molecule has 1 aliphatic heterocycles. The zero-order valence-electron chi connectivity index (χ0n) is 14.9.